The van der Waals surface area contributed by atoms with Crippen LogP contribution in [-0.4, -0.2) is 25.0 Å². The number of nitrogens with one attached hydrogen (secondary N) is 2. The van der Waals surface area contributed by atoms with E-state index in [2.05, 4.69) is 10.6 Å². The highest BCUT2D eigenvalue weighted by molar-refractivity contribution is 5.76. The number of hydrogen-bond acceptors (Lipinski definition) is 2. The Balaban J connectivity index is 1.59. The predicted octanol–water partition coefficient (Wildman–Crippen LogP) is 1.82. The van der Waals surface area contributed by atoms with Gasteiger partial charge in [0, 0.05) is 12.5 Å². The van der Waals surface area contributed by atoms with Crippen LogP contribution >= 0.6 is 0 Å². The van der Waals surface area contributed by atoms with Crippen LogP contribution < -0.4 is 10.6 Å². The molecule has 0 atom stereocenters. The summed E-state index contributed by atoms with van der Waals surface area (Å²) in [6.45, 7) is 2.10. The van der Waals surface area contributed by atoms with E-state index >= 15 is 0 Å². The fourth-order valence-corrected chi connectivity index (χ4v) is 2.90. The second-order valence-corrected chi connectivity index (χ2v) is 5.28. The Hall–Kier alpha value is -0.570. The van der Waals surface area contributed by atoms with Crippen LogP contribution in [0.3, 0.4) is 0 Å². The molecule has 0 spiro atoms. The van der Waals surface area contributed by atoms with E-state index < -0.39 is 0 Å². The van der Waals surface area contributed by atoms with Gasteiger partial charge in [-0.15, -0.1) is 0 Å². The van der Waals surface area contributed by atoms with Gasteiger partial charge in [0.2, 0.25) is 5.91 Å². The van der Waals surface area contributed by atoms with Crippen LogP contribution in [0.1, 0.15) is 51.4 Å². The van der Waals surface area contributed by atoms with E-state index in [9.17, 15) is 4.79 Å². The van der Waals surface area contributed by atoms with E-state index in [1.165, 1.54) is 25.7 Å². The number of piperidine rings is 1. The van der Waals surface area contributed by atoms with Crippen molar-refractivity contribution in [3.8, 4) is 0 Å². The summed E-state index contributed by atoms with van der Waals surface area (Å²) >= 11 is 0. The van der Waals surface area contributed by atoms with E-state index in [0.717, 1.165) is 44.7 Å². The van der Waals surface area contributed by atoms with Gasteiger partial charge in [0.05, 0.1) is 0 Å². The Labute approximate surface area is 98.4 Å². The van der Waals surface area contributed by atoms with Crippen LogP contribution in [0, 0.1) is 5.92 Å². The Morgan fingerprint density at radius 1 is 1.12 bits per heavy atom. The van der Waals surface area contributed by atoms with Crippen LogP contribution in [0.2, 0.25) is 0 Å². The summed E-state index contributed by atoms with van der Waals surface area (Å²) in [4.78, 5) is 11.7. The van der Waals surface area contributed by atoms with Crippen LogP contribution in [0.15, 0.2) is 0 Å². The molecule has 2 rings (SSSR count). The first-order valence-electron chi connectivity index (χ1n) is 6.84. The molecule has 1 aliphatic carbocycles. The zero-order chi connectivity index (χ0) is 11.2. The Morgan fingerprint density at radius 2 is 1.81 bits per heavy atom. The number of rotatable bonds is 4. The summed E-state index contributed by atoms with van der Waals surface area (Å²) in [5.41, 5.74) is 0. The standard InChI is InChI=1S/C13H24N2O/c16-13(6-5-11-3-1-2-4-11)15-12-7-9-14-10-8-12/h11-12,14H,1-10H2,(H,15,16). The van der Waals surface area contributed by atoms with Crippen molar-refractivity contribution in [1.29, 1.82) is 0 Å². The van der Waals surface area contributed by atoms with Crippen molar-refractivity contribution >= 4 is 5.91 Å². The Morgan fingerprint density at radius 3 is 2.50 bits per heavy atom. The molecule has 1 saturated heterocycles. The van der Waals surface area contributed by atoms with E-state index in [1.54, 1.807) is 0 Å². The van der Waals surface area contributed by atoms with E-state index in [-0.39, 0.29) is 5.91 Å². The van der Waals surface area contributed by atoms with Gasteiger partial charge >= 0.3 is 0 Å². The number of amides is 1. The van der Waals surface area contributed by atoms with Gasteiger partial charge in [-0.05, 0) is 38.3 Å². The predicted molar refractivity (Wildman–Crippen MR) is 65.2 cm³/mol. The second kappa shape index (κ2) is 6.24. The molecule has 0 aromatic rings. The SMILES string of the molecule is O=C(CCC1CCCC1)NC1CCNCC1. The van der Waals surface area contributed by atoms with E-state index in [4.69, 9.17) is 0 Å². The van der Waals surface area contributed by atoms with E-state index in [0.29, 0.717) is 6.04 Å². The zero-order valence-electron chi connectivity index (χ0n) is 10.1. The van der Waals surface area contributed by atoms with Crippen molar-refractivity contribution in [1.82, 2.24) is 10.6 Å². The summed E-state index contributed by atoms with van der Waals surface area (Å²) in [6.07, 6.45) is 9.48. The molecule has 3 heteroatoms. The average Bonchev–Trinajstić information content (AvgIpc) is 2.81. The van der Waals surface area contributed by atoms with Gasteiger partial charge in [0.15, 0.2) is 0 Å². The third-order valence-electron chi connectivity index (χ3n) is 3.96. The van der Waals surface area contributed by atoms with Crippen molar-refractivity contribution < 1.29 is 4.79 Å². The fourth-order valence-electron chi connectivity index (χ4n) is 2.90. The molecule has 1 aliphatic heterocycles. The van der Waals surface area contributed by atoms with Gasteiger partial charge < -0.3 is 10.6 Å². The molecule has 1 heterocycles. The summed E-state index contributed by atoms with van der Waals surface area (Å²) in [5.74, 6) is 1.11. The third kappa shape index (κ3) is 3.78. The lowest BCUT2D eigenvalue weighted by Gasteiger charge is -2.23. The normalized spacial score (nSPS) is 23.5. The highest BCUT2D eigenvalue weighted by atomic mass is 16.1. The molecule has 0 unspecified atom stereocenters. The fraction of sp³-hybridized carbons (Fsp3) is 0.923. The minimum Gasteiger partial charge on any atom is -0.353 e. The quantitative estimate of drug-likeness (QED) is 0.765. The molecule has 3 nitrogen and oxygen atoms in total. The highest BCUT2D eigenvalue weighted by Crippen LogP contribution is 2.28. The van der Waals surface area contributed by atoms with Gasteiger partial charge in [-0.25, -0.2) is 0 Å². The molecule has 1 amide bonds. The van der Waals surface area contributed by atoms with Gasteiger partial charge in [0.25, 0.3) is 0 Å². The largest absolute Gasteiger partial charge is 0.353 e. The van der Waals surface area contributed by atoms with Gasteiger partial charge in [-0.1, -0.05) is 25.7 Å². The molecule has 2 N–H and O–H groups in total. The Kier molecular flexibility index (Phi) is 4.64. The maximum atomic E-state index is 11.7. The molecule has 0 bridgehead atoms. The van der Waals surface area contributed by atoms with Crippen molar-refractivity contribution in [2.75, 3.05) is 13.1 Å². The molecular weight excluding hydrogens is 200 g/mol. The number of carbonyl (C=O) groups excluding carboxylic acids is 1. The molecule has 0 aromatic carbocycles. The van der Waals surface area contributed by atoms with Crippen LogP contribution in [0.25, 0.3) is 0 Å². The minimum absolute atomic E-state index is 0.277. The lowest BCUT2D eigenvalue weighted by atomic mass is 10.0. The second-order valence-electron chi connectivity index (χ2n) is 5.28. The van der Waals surface area contributed by atoms with Crippen molar-refractivity contribution in [3.05, 3.63) is 0 Å². The lowest BCUT2D eigenvalue weighted by Crippen LogP contribution is -2.42. The monoisotopic (exact) mass is 224 g/mol. The molecule has 0 aromatic heterocycles. The summed E-state index contributed by atoms with van der Waals surface area (Å²) in [7, 11) is 0. The molecule has 16 heavy (non-hydrogen) atoms. The highest BCUT2D eigenvalue weighted by Gasteiger charge is 2.18. The van der Waals surface area contributed by atoms with Crippen LogP contribution in [0.5, 0.6) is 0 Å². The first kappa shape index (κ1) is 11.9. The van der Waals surface area contributed by atoms with Crippen LogP contribution in [-0.2, 0) is 4.79 Å². The molecule has 0 radical (unpaired) electrons. The topological polar surface area (TPSA) is 41.1 Å². The smallest absolute Gasteiger partial charge is 0.220 e. The average molecular weight is 224 g/mol. The van der Waals surface area contributed by atoms with Crippen molar-refractivity contribution in [3.63, 3.8) is 0 Å². The number of hydrogen-bond donors (Lipinski definition) is 2. The molecule has 1 saturated carbocycles. The van der Waals surface area contributed by atoms with Gasteiger partial charge in [0.1, 0.15) is 0 Å². The summed E-state index contributed by atoms with van der Waals surface area (Å²) in [6, 6.07) is 0.428. The van der Waals surface area contributed by atoms with Crippen molar-refractivity contribution in [2.45, 2.75) is 57.4 Å². The van der Waals surface area contributed by atoms with Gasteiger partial charge in [-0.2, -0.15) is 0 Å². The van der Waals surface area contributed by atoms with Crippen molar-refractivity contribution in [2.24, 2.45) is 5.92 Å². The first-order valence-corrected chi connectivity index (χ1v) is 6.84. The molecule has 2 fully saturated rings. The molecule has 92 valence electrons. The van der Waals surface area contributed by atoms with Crippen LogP contribution in [0.4, 0.5) is 0 Å². The third-order valence-corrected chi connectivity index (χ3v) is 3.96. The maximum absolute atomic E-state index is 11.7. The molecular formula is C13H24N2O. The lowest BCUT2D eigenvalue weighted by molar-refractivity contribution is -0.122. The molecule has 2 aliphatic rings. The number of carbonyl (C=O) groups is 1. The summed E-state index contributed by atoms with van der Waals surface area (Å²) < 4.78 is 0. The first-order chi connectivity index (χ1) is 7.84. The minimum atomic E-state index is 0.277. The van der Waals surface area contributed by atoms with E-state index in [1.807, 2.05) is 0 Å². The maximum Gasteiger partial charge on any atom is 0.220 e. The Bertz CT molecular complexity index is 218. The summed E-state index contributed by atoms with van der Waals surface area (Å²) in [5, 5.41) is 6.48. The van der Waals surface area contributed by atoms with Gasteiger partial charge in [-0.3, -0.25) is 4.79 Å². The zero-order valence-corrected chi connectivity index (χ0v) is 10.1.